The van der Waals surface area contributed by atoms with Crippen molar-refractivity contribution in [3.05, 3.63) is 0 Å². The fraction of sp³-hybridized carbons (Fsp3) is 1.00. The molecule has 1 nitrogen and oxygen atoms in total. The van der Waals surface area contributed by atoms with Gasteiger partial charge in [0.1, 0.15) is 0 Å². The van der Waals surface area contributed by atoms with E-state index in [-0.39, 0.29) is 6.10 Å². The molecule has 0 radical (unpaired) electrons. The van der Waals surface area contributed by atoms with Crippen LogP contribution in [0.5, 0.6) is 0 Å². The zero-order valence-electron chi connectivity index (χ0n) is 8.86. The first-order chi connectivity index (χ1) is 6.75. The van der Waals surface area contributed by atoms with Crippen molar-refractivity contribution in [2.24, 2.45) is 11.8 Å². The molecular weight excluding hydrogens is 192 g/mol. The summed E-state index contributed by atoms with van der Waals surface area (Å²) in [6.07, 6.45) is 10.0. The standard InChI is InChI=1S/C12H22OS/c13-11-5-1-9(2-6-11)10-3-7-12(14)8-4-10/h9-14H,1-8H2. The first-order valence-corrected chi connectivity index (χ1v) is 6.63. The van der Waals surface area contributed by atoms with Gasteiger partial charge in [0.25, 0.3) is 0 Å². The summed E-state index contributed by atoms with van der Waals surface area (Å²) in [5.74, 6) is 1.87. The van der Waals surface area contributed by atoms with Gasteiger partial charge in [-0.15, -0.1) is 0 Å². The van der Waals surface area contributed by atoms with Crippen molar-refractivity contribution < 1.29 is 5.11 Å². The van der Waals surface area contributed by atoms with Gasteiger partial charge in [0, 0.05) is 5.25 Å². The second kappa shape index (κ2) is 4.89. The van der Waals surface area contributed by atoms with Gasteiger partial charge in [0.15, 0.2) is 0 Å². The predicted octanol–water partition coefficient (Wildman–Crippen LogP) is 3.03. The number of thiol groups is 1. The molecule has 1 N–H and O–H groups in total. The minimum atomic E-state index is 0.00691. The first kappa shape index (κ1) is 10.8. The minimum absolute atomic E-state index is 0.00691. The molecule has 0 amide bonds. The summed E-state index contributed by atoms with van der Waals surface area (Å²) in [7, 11) is 0. The number of hydrogen-bond donors (Lipinski definition) is 2. The van der Waals surface area contributed by atoms with Gasteiger partial charge in [-0.05, 0) is 63.2 Å². The van der Waals surface area contributed by atoms with E-state index >= 15 is 0 Å². The highest BCUT2D eigenvalue weighted by molar-refractivity contribution is 7.80. The van der Waals surface area contributed by atoms with Crippen molar-refractivity contribution >= 4 is 12.6 Å². The van der Waals surface area contributed by atoms with Crippen molar-refractivity contribution in [2.75, 3.05) is 0 Å². The van der Waals surface area contributed by atoms with Crippen LogP contribution in [0, 0.1) is 11.8 Å². The van der Waals surface area contributed by atoms with E-state index in [9.17, 15) is 5.11 Å². The van der Waals surface area contributed by atoms with Crippen LogP contribution in [0.4, 0.5) is 0 Å². The molecule has 2 heteroatoms. The summed E-state index contributed by atoms with van der Waals surface area (Å²) in [6.45, 7) is 0. The maximum atomic E-state index is 9.46. The molecule has 2 aliphatic carbocycles. The number of aliphatic hydroxyl groups is 1. The van der Waals surface area contributed by atoms with E-state index in [2.05, 4.69) is 12.6 Å². The smallest absolute Gasteiger partial charge is 0.0540 e. The topological polar surface area (TPSA) is 20.2 Å². The number of rotatable bonds is 1. The maximum absolute atomic E-state index is 9.46. The summed E-state index contributed by atoms with van der Waals surface area (Å²) >= 11 is 4.54. The van der Waals surface area contributed by atoms with Gasteiger partial charge in [-0.25, -0.2) is 0 Å². The van der Waals surface area contributed by atoms with Crippen molar-refractivity contribution in [3.63, 3.8) is 0 Å². The summed E-state index contributed by atoms with van der Waals surface area (Å²) < 4.78 is 0. The van der Waals surface area contributed by atoms with Crippen LogP contribution in [0.25, 0.3) is 0 Å². The van der Waals surface area contributed by atoms with Crippen LogP contribution in [0.2, 0.25) is 0 Å². The van der Waals surface area contributed by atoms with Crippen LogP contribution in [-0.4, -0.2) is 16.5 Å². The highest BCUT2D eigenvalue weighted by Gasteiger charge is 2.29. The molecule has 0 unspecified atom stereocenters. The van der Waals surface area contributed by atoms with E-state index in [1.165, 1.54) is 38.5 Å². The lowest BCUT2D eigenvalue weighted by Crippen LogP contribution is -2.27. The second-order valence-corrected chi connectivity index (χ2v) is 5.87. The average molecular weight is 214 g/mol. The SMILES string of the molecule is OC1CCC(C2CCC(S)CC2)CC1. The third-order valence-corrected chi connectivity index (χ3v) is 4.67. The van der Waals surface area contributed by atoms with E-state index in [4.69, 9.17) is 0 Å². The van der Waals surface area contributed by atoms with Gasteiger partial charge in [-0.2, -0.15) is 12.6 Å². The summed E-state index contributed by atoms with van der Waals surface area (Å²) in [4.78, 5) is 0. The third-order valence-electron chi connectivity index (χ3n) is 4.15. The lowest BCUT2D eigenvalue weighted by molar-refractivity contribution is 0.0827. The second-order valence-electron chi connectivity index (χ2n) is 5.14. The van der Waals surface area contributed by atoms with Gasteiger partial charge in [0.05, 0.1) is 6.10 Å². The highest BCUT2D eigenvalue weighted by Crippen LogP contribution is 2.39. The Bertz CT molecular complexity index is 147. The molecular formula is C12H22OS. The average Bonchev–Trinajstić information content (AvgIpc) is 2.21. The van der Waals surface area contributed by atoms with Crippen molar-refractivity contribution in [2.45, 2.75) is 62.7 Å². The monoisotopic (exact) mass is 214 g/mol. The molecule has 0 aliphatic heterocycles. The summed E-state index contributed by atoms with van der Waals surface area (Å²) in [6, 6.07) is 0. The Morgan fingerprint density at radius 1 is 0.714 bits per heavy atom. The lowest BCUT2D eigenvalue weighted by Gasteiger charge is -2.35. The zero-order valence-corrected chi connectivity index (χ0v) is 9.76. The molecule has 0 aromatic rings. The molecule has 0 aromatic heterocycles. The zero-order chi connectivity index (χ0) is 9.97. The van der Waals surface area contributed by atoms with Gasteiger partial charge in [0.2, 0.25) is 0 Å². The van der Waals surface area contributed by atoms with Crippen LogP contribution >= 0.6 is 12.6 Å². The summed E-state index contributed by atoms with van der Waals surface area (Å²) in [5.41, 5.74) is 0. The maximum Gasteiger partial charge on any atom is 0.0540 e. The predicted molar refractivity (Wildman–Crippen MR) is 62.7 cm³/mol. The molecule has 0 spiro atoms. The molecule has 82 valence electrons. The molecule has 2 aliphatic rings. The summed E-state index contributed by atoms with van der Waals surface area (Å²) in [5, 5.41) is 10.1. The fourth-order valence-corrected chi connectivity index (χ4v) is 3.44. The molecule has 0 bridgehead atoms. The molecule has 0 saturated heterocycles. The Labute approximate surface area is 92.7 Å². The number of hydrogen-bond acceptors (Lipinski definition) is 2. The van der Waals surface area contributed by atoms with Gasteiger partial charge in [-0.1, -0.05) is 0 Å². The molecule has 0 heterocycles. The molecule has 14 heavy (non-hydrogen) atoms. The van der Waals surface area contributed by atoms with E-state index in [1.807, 2.05) is 0 Å². The number of aliphatic hydroxyl groups excluding tert-OH is 1. The Morgan fingerprint density at radius 2 is 1.14 bits per heavy atom. The van der Waals surface area contributed by atoms with Crippen molar-refractivity contribution in [1.29, 1.82) is 0 Å². The normalized spacial score (nSPS) is 45.0. The van der Waals surface area contributed by atoms with E-state index in [0.717, 1.165) is 24.7 Å². The first-order valence-electron chi connectivity index (χ1n) is 6.12. The fourth-order valence-electron chi connectivity index (χ4n) is 3.15. The lowest BCUT2D eigenvalue weighted by atomic mass is 9.73. The molecule has 0 aromatic carbocycles. The van der Waals surface area contributed by atoms with Crippen molar-refractivity contribution in [1.82, 2.24) is 0 Å². The Balaban J connectivity index is 1.78. The van der Waals surface area contributed by atoms with Gasteiger partial charge in [-0.3, -0.25) is 0 Å². The molecule has 0 atom stereocenters. The van der Waals surface area contributed by atoms with E-state index in [1.54, 1.807) is 0 Å². The van der Waals surface area contributed by atoms with Crippen LogP contribution < -0.4 is 0 Å². The molecule has 2 saturated carbocycles. The quantitative estimate of drug-likeness (QED) is 0.643. The Morgan fingerprint density at radius 3 is 1.64 bits per heavy atom. The van der Waals surface area contributed by atoms with Gasteiger partial charge < -0.3 is 5.11 Å². The van der Waals surface area contributed by atoms with Crippen LogP contribution in [0.1, 0.15) is 51.4 Å². The Kier molecular flexibility index (Phi) is 3.78. The van der Waals surface area contributed by atoms with Crippen LogP contribution in [0.3, 0.4) is 0 Å². The molecule has 2 fully saturated rings. The Hall–Kier alpha value is 0.310. The van der Waals surface area contributed by atoms with E-state index < -0.39 is 0 Å². The van der Waals surface area contributed by atoms with Crippen LogP contribution in [-0.2, 0) is 0 Å². The highest BCUT2D eigenvalue weighted by atomic mass is 32.1. The van der Waals surface area contributed by atoms with E-state index in [0.29, 0.717) is 5.25 Å². The van der Waals surface area contributed by atoms with Gasteiger partial charge >= 0.3 is 0 Å². The van der Waals surface area contributed by atoms with Crippen molar-refractivity contribution in [3.8, 4) is 0 Å². The molecule has 2 rings (SSSR count). The largest absolute Gasteiger partial charge is 0.393 e. The van der Waals surface area contributed by atoms with Crippen LogP contribution in [0.15, 0.2) is 0 Å². The minimum Gasteiger partial charge on any atom is -0.393 e. The third kappa shape index (κ3) is 2.66.